The molecule has 312 valence electrons. The van der Waals surface area contributed by atoms with Gasteiger partial charge in [0, 0.05) is 12.2 Å². The van der Waals surface area contributed by atoms with E-state index in [2.05, 4.69) is 0 Å². The smallest absolute Gasteiger partial charge is 0.332 e. The maximum Gasteiger partial charge on any atom is 0.332 e. The average molecular weight is 817 g/mol. The third-order valence-corrected chi connectivity index (χ3v) is 5.56. The predicted molar refractivity (Wildman–Crippen MR) is 165 cm³/mol. The van der Waals surface area contributed by atoms with E-state index in [0.29, 0.717) is 0 Å². The number of hydrogen-bond acceptors (Lipinski definition) is 14. The van der Waals surface area contributed by atoms with Crippen LogP contribution in [0.25, 0.3) is 0 Å². The van der Waals surface area contributed by atoms with Gasteiger partial charge in [-0.3, -0.25) is 47.9 Å². The fourth-order valence-corrected chi connectivity index (χ4v) is 3.31. The first kappa shape index (κ1) is 54.8. The van der Waals surface area contributed by atoms with Crippen LogP contribution in [0.1, 0.15) is 38.5 Å². The first-order chi connectivity index (χ1) is 25.4. The number of carboxylic acid groups (broad SMARTS) is 14. The van der Waals surface area contributed by atoms with Crippen molar-refractivity contribution in [2.75, 3.05) is 0 Å². The second-order valence-corrected chi connectivity index (χ2v) is 9.85. The molecule has 0 radical (unpaired) electrons. The summed E-state index contributed by atoms with van der Waals surface area (Å²) in [5.41, 5.74) is -2.21. The Labute approximate surface area is 308 Å². The lowest BCUT2D eigenvalue weighted by molar-refractivity contribution is -0.157. The lowest BCUT2D eigenvalue weighted by atomic mass is 9.83. The highest BCUT2D eigenvalue weighted by Crippen LogP contribution is 2.25. The highest BCUT2D eigenvalue weighted by Gasteiger charge is 2.41. The summed E-state index contributed by atoms with van der Waals surface area (Å²) in [4.78, 5) is 145. The molecule has 0 saturated carbocycles. The van der Waals surface area contributed by atoms with Gasteiger partial charge in [0.15, 0.2) is 0 Å². The minimum atomic E-state index is -2.31. The van der Waals surface area contributed by atoms with Gasteiger partial charge >= 0.3 is 83.6 Å². The Hall–Kier alpha value is -7.94. The Morgan fingerprint density at radius 3 is 0.911 bits per heavy atom. The summed E-state index contributed by atoms with van der Waals surface area (Å²) < 4.78 is 0. The fraction of sp³-hybridized carbons (Fsp3) is 0.357. The van der Waals surface area contributed by atoms with Crippen molar-refractivity contribution in [3.8, 4) is 0 Å². The highest BCUT2D eigenvalue weighted by molar-refractivity contribution is 6.02. The van der Waals surface area contributed by atoms with Crippen LogP contribution in [0.3, 0.4) is 0 Å². The third-order valence-electron chi connectivity index (χ3n) is 5.56. The quantitative estimate of drug-likeness (QED) is 0.0515. The van der Waals surface area contributed by atoms with Crippen LogP contribution in [-0.4, -0.2) is 155 Å². The molecule has 0 amide bonds. The molecule has 0 aromatic heterocycles. The Kier molecular flexibility index (Phi) is 27.1. The fourth-order valence-electron chi connectivity index (χ4n) is 3.31. The van der Waals surface area contributed by atoms with Gasteiger partial charge < -0.3 is 71.5 Å². The summed E-state index contributed by atoms with van der Waals surface area (Å²) >= 11 is 0. The van der Waals surface area contributed by atoms with Crippen molar-refractivity contribution in [3.05, 3.63) is 23.3 Å². The van der Waals surface area contributed by atoms with Crippen LogP contribution in [0.2, 0.25) is 0 Å². The molecule has 0 aromatic rings. The normalized spacial score (nSPS) is 12.0. The Balaban J connectivity index is -0.000000338. The summed E-state index contributed by atoms with van der Waals surface area (Å²) in [6.45, 7) is 0. The van der Waals surface area contributed by atoms with Gasteiger partial charge in [0.2, 0.25) is 0 Å². The molecule has 56 heavy (non-hydrogen) atoms. The number of rotatable bonds is 22. The van der Waals surface area contributed by atoms with Crippen LogP contribution in [0, 0.1) is 23.7 Å². The monoisotopic (exact) mass is 816 g/mol. The van der Waals surface area contributed by atoms with Crippen LogP contribution < -0.4 is 0 Å². The molecule has 3 atom stereocenters. The van der Waals surface area contributed by atoms with Crippen LogP contribution in [0.4, 0.5) is 0 Å². The van der Waals surface area contributed by atoms with Gasteiger partial charge in [0.1, 0.15) is 5.92 Å². The maximum atomic E-state index is 11.0. The van der Waals surface area contributed by atoms with Gasteiger partial charge in [-0.15, -0.1) is 0 Å². The van der Waals surface area contributed by atoms with Gasteiger partial charge in [-0.05, 0) is 0 Å². The van der Waals surface area contributed by atoms with Crippen molar-refractivity contribution in [3.63, 3.8) is 0 Å². The first-order valence-electron chi connectivity index (χ1n) is 14.0. The van der Waals surface area contributed by atoms with Gasteiger partial charge in [-0.2, -0.15) is 0 Å². The minimum absolute atomic E-state index is 0.0267. The van der Waals surface area contributed by atoms with Crippen molar-refractivity contribution in [1.29, 1.82) is 0 Å². The molecule has 0 bridgehead atoms. The molecule has 3 unspecified atom stereocenters. The van der Waals surface area contributed by atoms with Crippen LogP contribution >= 0.6 is 0 Å². The molecule has 28 heteroatoms. The molecule has 14 N–H and O–H groups in total. The largest absolute Gasteiger partial charge is 0.481 e. The summed E-state index contributed by atoms with van der Waals surface area (Å²) in [5, 5.41) is 118. The zero-order valence-corrected chi connectivity index (χ0v) is 27.7. The molecule has 28 nitrogen and oxygen atoms in total. The Morgan fingerprint density at radius 2 is 0.696 bits per heavy atom. The van der Waals surface area contributed by atoms with Gasteiger partial charge in [-0.25, -0.2) is 19.2 Å². The highest BCUT2D eigenvalue weighted by atomic mass is 16.4. The van der Waals surface area contributed by atoms with Crippen molar-refractivity contribution < 1.29 is 139 Å². The van der Waals surface area contributed by atoms with Gasteiger partial charge in [0.25, 0.3) is 0 Å². The van der Waals surface area contributed by atoms with E-state index >= 15 is 0 Å². The molecule has 0 aromatic carbocycles. The van der Waals surface area contributed by atoms with E-state index in [1.54, 1.807) is 0 Å². The summed E-state index contributed by atoms with van der Waals surface area (Å²) in [5.74, 6) is -29.8. The molecule has 0 spiro atoms. The van der Waals surface area contributed by atoms with E-state index in [-0.39, 0.29) is 25.0 Å². The van der Waals surface area contributed by atoms with Crippen LogP contribution in [-0.2, 0) is 67.1 Å². The molecule has 0 aliphatic heterocycles. The zero-order valence-electron chi connectivity index (χ0n) is 27.7. The topological polar surface area (TPSA) is 522 Å². The van der Waals surface area contributed by atoms with E-state index in [1.165, 1.54) is 0 Å². The molecular formula is C28H32O28. The van der Waals surface area contributed by atoms with Crippen molar-refractivity contribution in [1.82, 2.24) is 0 Å². The number of carbonyl (C=O) groups is 14. The third kappa shape index (κ3) is 28.7. The van der Waals surface area contributed by atoms with Gasteiger partial charge in [0.05, 0.1) is 67.4 Å². The molecule has 0 aliphatic carbocycles. The second kappa shape index (κ2) is 27.7. The number of hydrogen-bond donors (Lipinski definition) is 14. The summed E-state index contributed by atoms with van der Waals surface area (Å²) in [6, 6.07) is 0. The molecule has 0 rings (SSSR count). The molecule has 0 aliphatic rings. The summed E-state index contributed by atoms with van der Waals surface area (Å²) in [7, 11) is 0. The molecule has 0 fully saturated rings. The average Bonchev–Trinajstić information content (AvgIpc) is 2.99. The number of carboxylic acids is 14. The lowest BCUT2D eigenvalue weighted by Crippen LogP contribution is -2.35. The SMILES string of the molecule is O=C(O)/C=C(/C(=O)O)C(C(=O)O)C(CC(=O)O)C(=O)O.O=C(O)/C=C(/C(=O)O)C(CC(=O)O)C(=O)O.O=C(O)CC(CC(=O)O)C(=O)O.O=C(O)CCC(=O)O. The van der Waals surface area contributed by atoms with Crippen LogP contribution in [0.5, 0.6) is 0 Å². The van der Waals surface area contributed by atoms with E-state index < -0.39 is 144 Å². The lowest BCUT2D eigenvalue weighted by Gasteiger charge is -2.19. The zero-order chi connectivity index (χ0) is 45.2. The van der Waals surface area contributed by atoms with Crippen molar-refractivity contribution >= 4 is 83.6 Å². The molecule has 0 saturated heterocycles. The molecule has 0 heterocycles. The van der Waals surface area contributed by atoms with E-state index in [0.717, 1.165) is 0 Å². The number of aliphatic carboxylic acids is 14. The second-order valence-electron chi connectivity index (χ2n) is 9.85. The minimum Gasteiger partial charge on any atom is -0.481 e. The maximum absolute atomic E-state index is 11.0. The van der Waals surface area contributed by atoms with E-state index in [1.807, 2.05) is 0 Å². The standard InChI is InChI=1S/C10H10O10.C8H8O8.C6H8O6.C4H6O4/c11-5(12)1-3(8(15)16)7(10(19)20)4(9(17)18)2-6(13)14;9-5(10)1-3(7(13)14)4(8(15)16)2-6(11)12;7-4(8)1-3(6(11)12)2-5(9)10;5-3(6)1-2-4(7)8/h1,4,7H,2H2,(H,11,12)(H,13,14)(H,15,16)(H,17,18)(H,19,20);1,4H,2H2,(H,9,10)(H,11,12)(H,13,14)(H,15,16);3H,1-2H2,(H,7,8)(H,9,10)(H,11,12);1-2H2,(H,5,6)(H,7,8)/b2*3-1+;;. The van der Waals surface area contributed by atoms with Crippen LogP contribution in [0.15, 0.2) is 23.3 Å². The Bertz CT molecular complexity index is 1580. The van der Waals surface area contributed by atoms with Crippen molar-refractivity contribution in [2.45, 2.75) is 38.5 Å². The summed E-state index contributed by atoms with van der Waals surface area (Å²) in [6.07, 6.45) is -3.89. The Morgan fingerprint density at radius 1 is 0.357 bits per heavy atom. The van der Waals surface area contributed by atoms with Gasteiger partial charge in [-0.1, -0.05) is 0 Å². The molecular weight excluding hydrogens is 784 g/mol. The predicted octanol–water partition coefficient (Wildman–Crippen LogP) is -2.21. The first-order valence-corrected chi connectivity index (χ1v) is 14.0. The van der Waals surface area contributed by atoms with E-state index in [9.17, 15) is 67.1 Å². The van der Waals surface area contributed by atoms with E-state index in [4.69, 9.17) is 71.5 Å². The van der Waals surface area contributed by atoms with Crippen molar-refractivity contribution in [2.24, 2.45) is 23.7 Å².